The summed E-state index contributed by atoms with van der Waals surface area (Å²) in [6, 6.07) is 12.0. The first-order valence-corrected chi connectivity index (χ1v) is 16.1. The lowest BCUT2D eigenvalue weighted by Gasteiger charge is -2.35. The van der Waals surface area contributed by atoms with Gasteiger partial charge in [-0.2, -0.15) is 0 Å². The molecule has 5 rings (SSSR count). The molecule has 0 aliphatic carbocycles. The topological polar surface area (TPSA) is 108 Å². The summed E-state index contributed by atoms with van der Waals surface area (Å²) in [4.78, 5) is 44.1. The summed E-state index contributed by atoms with van der Waals surface area (Å²) in [5, 5.41) is 15.7. The van der Waals surface area contributed by atoms with Crippen LogP contribution < -0.4 is 15.4 Å². The van der Waals surface area contributed by atoms with Crippen molar-refractivity contribution in [3.8, 4) is 5.75 Å². The van der Waals surface area contributed by atoms with Crippen molar-refractivity contribution in [3.63, 3.8) is 0 Å². The molecule has 2 bridgehead atoms. The lowest BCUT2D eigenvalue weighted by molar-refractivity contribution is -0.139. The van der Waals surface area contributed by atoms with Crippen LogP contribution in [-0.4, -0.2) is 63.0 Å². The Labute approximate surface area is 256 Å². The van der Waals surface area contributed by atoms with Crippen LogP contribution in [0.5, 0.6) is 5.75 Å². The van der Waals surface area contributed by atoms with E-state index in [9.17, 15) is 19.5 Å². The Hall–Kier alpha value is -2.75. The minimum Gasteiger partial charge on any atom is -0.494 e. The van der Waals surface area contributed by atoms with Crippen LogP contribution in [-0.2, 0) is 14.4 Å². The van der Waals surface area contributed by atoms with Gasteiger partial charge in [-0.15, -0.1) is 11.8 Å². The van der Waals surface area contributed by atoms with Crippen LogP contribution in [0.2, 0.25) is 5.02 Å². The summed E-state index contributed by atoms with van der Waals surface area (Å²) in [6.45, 7) is 6.98. The number of carbonyl (C=O) groups is 3. The van der Waals surface area contributed by atoms with Crippen LogP contribution in [0.3, 0.4) is 0 Å². The first kappa shape index (κ1) is 30.7. The van der Waals surface area contributed by atoms with Gasteiger partial charge in [-0.25, -0.2) is 0 Å². The summed E-state index contributed by atoms with van der Waals surface area (Å²) in [5.41, 5.74) is 2.03. The highest BCUT2D eigenvalue weighted by Gasteiger charge is 2.77. The molecule has 3 aliphatic heterocycles. The average Bonchev–Trinajstić information content (AvgIpc) is 3.52. The number of benzene rings is 2. The van der Waals surface area contributed by atoms with Crippen LogP contribution in [0.4, 0.5) is 11.4 Å². The molecule has 3 amide bonds. The van der Waals surface area contributed by atoms with E-state index < -0.39 is 27.4 Å². The van der Waals surface area contributed by atoms with Crippen molar-refractivity contribution in [2.75, 3.05) is 30.4 Å². The maximum atomic E-state index is 14.3. The van der Waals surface area contributed by atoms with E-state index in [0.717, 1.165) is 30.6 Å². The molecule has 3 fully saturated rings. The van der Waals surface area contributed by atoms with Crippen molar-refractivity contribution in [2.24, 2.45) is 11.8 Å². The van der Waals surface area contributed by atoms with Gasteiger partial charge in [-0.1, -0.05) is 36.6 Å². The third-order valence-electron chi connectivity index (χ3n) is 9.02. The first-order valence-electron chi connectivity index (χ1n) is 14.9. The Morgan fingerprint density at radius 3 is 2.50 bits per heavy atom. The number of halogens is 1. The number of anilines is 2. The third kappa shape index (κ3) is 5.51. The number of thioether (sulfide) groups is 1. The molecule has 10 heteroatoms. The molecule has 226 valence electrons. The molecule has 3 saturated heterocycles. The van der Waals surface area contributed by atoms with E-state index in [2.05, 4.69) is 17.6 Å². The fourth-order valence-corrected chi connectivity index (χ4v) is 9.74. The second-order valence-corrected chi connectivity index (χ2v) is 14.1. The predicted octanol–water partition coefficient (Wildman–Crippen LogP) is 5.66. The zero-order chi connectivity index (χ0) is 30.1. The highest BCUT2D eigenvalue weighted by atomic mass is 35.5. The zero-order valence-electron chi connectivity index (χ0n) is 24.5. The van der Waals surface area contributed by atoms with E-state index in [1.807, 2.05) is 38.1 Å². The second kappa shape index (κ2) is 12.5. The number of nitrogens with one attached hydrogen (secondary N) is 2. The number of aliphatic hydroxyl groups is 1. The molecule has 3 aliphatic rings. The molecule has 5 atom stereocenters. The number of aliphatic hydroxyl groups excluding tert-OH is 1. The van der Waals surface area contributed by atoms with Gasteiger partial charge in [0.25, 0.3) is 0 Å². The number of amides is 3. The minimum absolute atomic E-state index is 0.129. The Morgan fingerprint density at radius 2 is 1.81 bits per heavy atom. The number of aryl methyl sites for hydroxylation is 1. The highest BCUT2D eigenvalue weighted by molar-refractivity contribution is 8.02. The SMILES string of the molecule is CCOc1ccc(NC(=O)[C@H]2[C@H]3C(=O)N(CCCCCCO)C(C(=O)Nc4c(C)cccc4Cl)C34CC[C@]2(C)S4)cc1. The lowest BCUT2D eigenvalue weighted by atomic mass is 9.66. The molecule has 42 heavy (non-hydrogen) atoms. The molecule has 2 aromatic rings. The number of unbranched alkanes of at least 4 members (excludes halogenated alkanes) is 3. The number of ether oxygens (including phenoxy) is 1. The smallest absolute Gasteiger partial charge is 0.248 e. The Balaban J connectivity index is 1.44. The van der Waals surface area contributed by atoms with Crippen LogP contribution in [0.15, 0.2) is 42.5 Å². The maximum Gasteiger partial charge on any atom is 0.248 e. The molecular weight excluding hydrogens is 574 g/mol. The number of fused-ring (bicyclic) bond motifs is 1. The summed E-state index contributed by atoms with van der Waals surface area (Å²) >= 11 is 8.12. The van der Waals surface area contributed by atoms with Crippen molar-refractivity contribution in [1.82, 2.24) is 4.90 Å². The largest absolute Gasteiger partial charge is 0.494 e. The highest BCUT2D eigenvalue weighted by Crippen LogP contribution is 2.71. The summed E-state index contributed by atoms with van der Waals surface area (Å²) < 4.78 is 4.34. The zero-order valence-corrected chi connectivity index (χ0v) is 26.0. The number of nitrogens with zero attached hydrogens (tertiary/aromatic N) is 1. The van der Waals surface area contributed by atoms with Gasteiger partial charge < -0.3 is 25.4 Å². The molecule has 8 nitrogen and oxygen atoms in total. The molecule has 3 N–H and O–H groups in total. The van der Waals surface area contributed by atoms with Gasteiger partial charge >= 0.3 is 0 Å². The van der Waals surface area contributed by atoms with Crippen molar-refractivity contribution < 1.29 is 24.2 Å². The van der Waals surface area contributed by atoms with Gasteiger partial charge in [0.1, 0.15) is 11.8 Å². The van der Waals surface area contributed by atoms with E-state index in [4.69, 9.17) is 16.3 Å². The van der Waals surface area contributed by atoms with Crippen LogP contribution >= 0.6 is 23.4 Å². The monoisotopic (exact) mass is 613 g/mol. The molecule has 3 heterocycles. The molecule has 0 aromatic heterocycles. The van der Waals surface area contributed by atoms with Crippen molar-refractivity contribution in [3.05, 3.63) is 53.1 Å². The fourth-order valence-electron chi connectivity index (χ4n) is 7.12. The Kier molecular flexibility index (Phi) is 9.11. The van der Waals surface area contributed by atoms with E-state index in [1.54, 1.807) is 34.9 Å². The maximum absolute atomic E-state index is 14.3. The summed E-state index contributed by atoms with van der Waals surface area (Å²) in [7, 11) is 0. The van der Waals surface area contributed by atoms with Gasteiger partial charge in [-0.05, 0) is 82.3 Å². The second-order valence-electron chi connectivity index (χ2n) is 11.8. The number of carbonyl (C=O) groups excluding carboxylic acids is 3. The number of rotatable bonds is 12. The van der Waals surface area contributed by atoms with Gasteiger partial charge in [0.2, 0.25) is 17.7 Å². The van der Waals surface area contributed by atoms with Gasteiger partial charge in [-0.3, -0.25) is 14.4 Å². The molecule has 0 saturated carbocycles. The van der Waals surface area contributed by atoms with Gasteiger partial charge in [0.05, 0.1) is 33.9 Å². The molecule has 0 radical (unpaired) electrons. The summed E-state index contributed by atoms with van der Waals surface area (Å²) in [5.74, 6) is -1.05. The number of para-hydroxylation sites is 1. The van der Waals surface area contributed by atoms with Crippen LogP contribution in [0, 0.1) is 18.8 Å². The van der Waals surface area contributed by atoms with Crippen molar-refractivity contribution in [2.45, 2.75) is 74.8 Å². The lowest BCUT2D eigenvalue weighted by Crippen LogP contribution is -2.52. The average molecular weight is 614 g/mol. The van der Waals surface area contributed by atoms with Crippen molar-refractivity contribution in [1.29, 1.82) is 0 Å². The molecule has 2 unspecified atom stereocenters. The molecular formula is C32H40ClN3O5S. The predicted molar refractivity (Wildman–Crippen MR) is 167 cm³/mol. The van der Waals surface area contributed by atoms with Crippen molar-refractivity contribution >= 4 is 52.5 Å². The fraction of sp³-hybridized carbons (Fsp3) is 0.531. The molecule has 1 spiro atoms. The third-order valence-corrected chi connectivity index (χ3v) is 11.3. The van der Waals surface area contributed by atoms with Gasteiger partial charge in [0, 0.05) is 23.6 Å². The minimum atomic E-state index is -0.724. The number of likely N-dealkylation sites (tertiary alicyclic amines) is 1. The number of hydrogen-bond acceptors (Lipinski definition) is 6. The quantitative estimate of drug-likeness (QED) is 0.267. The molecule has 2 aromatic carbocycles. The first-order chi connectivity index (χ1) is 20.1. The number of hydrogen-bond donors (Lipinski definition) is 3. The van der Waals surface area contributed by atoms with Gasteiger partial charge in [0.15, 0.2) is 0 Å². The van der Waals surface area contributed by atoms with E-state index >= 15 is 0 Å². The van der Waals surface area contributed by atoms with Crippen LogP contribution in [0.25, 0.3) is 0 Å². The normalized spacial score (nSPS) is 27.7. The van der Waals surface area contributed by atoms with Crippen LogP contribution in [0.1, 0.15) is 57.9 Å². The Morgan fingerprint density at radius 1 is 1.07 bits per heavy atom. The Bertz CT molecular complexity index is 1320. The van der Waals surface area contributed by atoms with E-state index in [1.165, 1.54) is 0 Å². The standard InChI is InChI=1S/C32H40ClN3O5S/c1-4-41-22-14-12-21(13-15-22)34-28(38)24-25-30(40)36(18-7-5-6-8-19-37)27(32(25)17-16-31(24,3)42-32)29(39)35-26-20(2)10-9-11-23(26)33/h9-15,24-25,27,37H,4-8,16-19H2,1-3H3,(H,34,38)(H,35,39)/t24-,25+,27?,31+,32?/m1/s1. The van der Waals surface area contributed by atoms with E-state index in [0.29, 0.717) is 48.8 Å². The summed E-state index contributed by atoms with van der Waals surface area (Å²) in [6.07, 6.45) is 4.53. The van der Waals surface area contributed by atoms with E-state index in [-0.39, 0.29) is 24.3 Å².